The van der Waals surface area contributed by atoms with Crippen molar-refractivity contribution in [1.82, 2.24) is 19.7 Å². The van der Waals surface area contributed by atoms with Crippen LogP contribution in [-0.4, -0.2) is 66.5 Å². The van der Waals surface area contributed by atoms with E-state index in [2.05, 4.69) is 27.3 Å². The number of ether oxygens (including phenoxy) is 4. The van der Waals surface area contributed by atoms with Crippen molar-refractivity contribution in [3.8, 4) is 28.7 Å². The minimum Gasteiger partial charge on any atom is -0.493 e. The van der Waals surface area contributed by atoms with Gasteiger partial charge >= 0.3 is 0 Å². The van der Waals surface area contributed by atoms with Crippen LogP contribution in [0.4, 0.5) is 10.1 Å². The second-order valence-electron chi connectivity index (χ2n) is 9.50. The Hall–Kier alpha value is -4.38. The van der Waals surface area contributed by atoms with E-state index in [1.165, 1.54) is 12.1 Å². The lowest BCUT2D eigenvalue weighted by Gasteiger charge is -2.29. The molecule has 11 heteroatoms. The summed E-state index contributed by atoms with van der Waals surface area (Å²) in [5.74, 6) is 1.00. The number of anilines is 1. The first-order valence-electron chi connectivity index (χ1n) is 13.1. The maximum absolute atomic E-state index is 15.2. The fourth-order valence-corrected chi connectivity index (χ4v) is 4.85. The number of hydrogen-bond donors (Lipinski definition) is 1. The molecule has 0 aliphatic carbocycles. The van der Waals surface area contributed by atoms with Gasteiger partial charge in [-0.2, -0.15) is 5.10 Å². The first-order chi connectivity index (χ1) is 19.4. The van der Waals surface area contributed by atoms with Gasteiger partial charge in [0.25, 0.3) is 5.91 Å². The van der Waals surface area contributed by atoms with Gasteiger partial charge in [0.05, 0.1) is 44.3 Å². The Balaban J connectivity index is 1.38. The molecule has 1 fully saturated rings. The number of rotatable bonds is 9. The lowest BCUT2D eigenvalue weighted by atomic mass is 10.1. The largest absolute Gasteiger partial charge is 0.493 e. The number of piperidine rings is 1. The summed E-state index contributed by atoms with van der Waals surface area (Å²) in [6.07, 6.45) is 4.85. The van der Waals surface area contributed by atoms with Crippen LogP contribution in [0, 0.1) is 5.82 Å². The van der Waals surface area contributed by atoms with Gasteiger partial charge < -0.3 is 29.2 Å². The van der Waals surface area contributed by atoms with Crippen LogP contribution in [0.2, 0.25) is 0 Å². The molecule has 1 N–H and O–H groups in total. The van der Waals surface area contributed by atoms with E-state index in [1.54, 1.807) is 55.6 Å². The summed E-state index contributed by atoms with van der Waals surface area (Å²) in [4.78, 5) is 20.0. The predicted molar refractivity (Wildman–Crippen MR) is 148 cm³/mol. The van der Waals surface area contributed by atoms with Gasteiger partial charge in [0, 0.05) is 23.7 Å². The third-order valence-electron chi connectivity index (χ3n) is 6.93. The number of carbonyl (C=O) groups is 1. The van der Waals surface area contributed by atoms with Gasteiger partial charge in [-0.1, -0.05) is 0 Å². The summed E-state index contributed by atoms with van der Waals surface area (Å²) in [5.41, 5.74) is 0.927. The second-order valence-corrected chi connectivity index (χ2v) is 9.50. The number of hydrogen-bond acceptors (Lipinski definition) is 8. The van der Waals surface area contributed by atoms with Crippen molar-refractivity contribution in [1.29, 1.82) is 0 Å². The zero-order chi connectivity index (χ0) is 28.2. The number of fused-ring (bicyclic) bond motifs is 1. The molecule has 0 saturated carbocycles. The van der Waals surface area contributed by atoms with E-state index in [1.807, 2.05) is 6.92 Å². The molecule has 0 atom stereocenters. The summed E-state index contributed by atoms with van der Waals surface area (Å²) >= 11 is 0. The molecular weight excluding hydrogens is 517 g/mol. The summed E-state index contributed by atoms with van der Waals surface area (Å²) in [7, 11) is 5.16. The van der Waals surface area contributed by atoms with Crippen LogP contribution in [0.25, 0.3) is 10.9 Å². The maximum atomic E-state index is 15.2. The molecule has 0 spiro atoms. The highest BCUT2D eigenvalue weighted by molar-refractivity contribution is 6.05. The summed E-state index contributed by atoms with van der Waals surface area (Å²) in [5, 5.41) is 7.81. The predicted octanol–water partition coefficient (Wildman–Crippen LogP) is 5.30. The van der Waals surface area contributed by atoms with Gasteiger partial charge in [0.2, 0.25) is 0 Å². The minimum atomic E-state index is -0.647. The number of nitrogens with one attached hydrogen (secondary N) is 1. The van der Waals surface area contributed by atoms with Crippen molar-refractivity contribution in [3.05, 3.63) is 60.3 Å². The Bertz CT molecular complexity index is 1520. The average molecular weight is 550 g/mol. The number of pyridine rings is 1. The SMILES string of the molecule is CCOc1cnn(C2CCN(C)CC2)c1C(=O)Nc1ccc(Oc2ccnc3cc(OC)c(OC)cc23)cc1F. The van der Waals surface area contributed by atoms with Crippen LogP contribution < -0.4 is 24.3 Å². The quantitative estimate of drug-likeness (QED) is 0.300. The molecule has 3 heterocycles. The lowest BCUT2D eigenvalue weighted by molar-refractivity contribution is 0.1000. The molecule has 0 bridgehead atoms. The van der Waals surface area contributed by atoms with E-state index in [0.717, 1.165) is 25.9 Å². The molecule has 0 unspecified atom stereocenters. The number of methoxy groups -OCH3 is 2. The lowest BCUT2D eigenvalue weighted by Crippen LogP contribution is -2.33. The number of halogens is 1. The molecule has 0 radical (unpaired) electrons. The zero-order valence-corrected chi connectivity index (χ0v) is 22.9. The number of aromatic nitrogens is 3. The van der Waals surface area contributed by atoms with Gasteiger partial charge in [-0.25, -0.2) is 4.39 Å². The van der Waals surface area contributed by atoms with E-state index in [-0.39, 0.29) is 23.2 Å². The molecule has 1 amide bonds. The number of benzene rings is 2. The highest BCUT2D eigenvalue weighted by Gasteiger charge is 2.28. The van der Waals surface area contributed by atoms with Crippen molar-refractivity contribution in [2.45, 2.75) is 25.8 Å². The van der Waals surface area contributed by atoms with Crippen molar-refractivity contribution >= 4 is 22.5 Å². The smallest absolute Gasteiger partial charge is 0.277 e. The first-order valence-corrected chi connectivity index (χ1v) is 13.1. The standard InChI is InChI=1S/C29H32FN5O5/c1-5-39-27-17-32-35(18-9-12-34(2)13-10-18)28(27)29(36)33-22-7-6-19(14-21(22)30)40-24-8-11-31-23-16-26(38-4)25(37-3)15-20(23)24/h6-8,11,14-18H,5,9-10,12-13H2,1-4H3,(H,33,36). The Labute approximate surface area is 231 Å². The number of nitrogens with zero attached hydrogens (tertiary/aromatic N) is 4. The highest BCUT2D eigenvalue weighted by atomic mass is 19.1. The van der Waals surface area contributed by atoms with Crippen LogP contribution in [-0.2, 0) is 0 Å². The Kier molecular flexibility index (Phi) is 8.01. The zero-order valence-electron chi connectivity index (χ0n) is 22.9. The monoisotopic (exact) mass is 549 g/mol. The van der Waals surface area contributed by atoms with E-state index in [9.17, 15) is 4.79 Å². The average Bonchev–Trinajstić information content (AvgIpc) is 3.38. The van der Waals surface area contributed by atoms with Crippen LogP contribution in [0.5, 0.6) is 28.7 Å². The van der Waals surface area contributed by atoms with Gasteiger partial charge in [-0.3, -0.25) is 14.5 Å². The molecule has 5 rings (SSSR count). The first kappa shape index (κ1) is 27.2. The number of amides is 1. The Morgan fingerprint density at radius 3 is 2.50 bits per heavy atom. The summed E-state index contributed by atoms with van der Waals surface area (Å²) in [6.45, 7) is 4.02. The summed E-state index contributed by atoms with van der Waals surface area (Å²) in [6, 6.07) is 9.51. The summed E-state index contributed by atoms with van der Waals surface area (Å²) < 4.78 is 39.4. The molecule has 2 aromatic heterocycles. The fraction of sp³-hybridized carbons (Fsp3) is 0.345. The normalized spacial score (nSPS) is 14.2. The molecular formula is C29H32FN5O5. The molecule has 40 heavy (non-hydrogen) atoms. The molecule has 1 aliphatic rings. The molecule has 1 saturated heterocycles. The van der Waals surface area contributed by atoms with E-state index >= 15 is 4.39 Å². The maximum Gasteiger partial charge on any atom is 0.277 e. The van der Waals surface area contributed by atoms with E-state index < -0.39 is 11.7 Å². The van der Waals surface area contributed by atoms with Gasteiger partial charge in [0.15, 0.2) is 22.9 Å². The molecule has 10 nitrogen and oxygen atoms in total. The van der Waals surface area contributed by atoms with Gasteiger partial charge in [-0.05, 0) is 64.2 Å². The topological polar surface area (TPSA) is 100.0 Å². The Morgan fingerprint density at radius 1 is 1.05 bits per heavy atom. The van der Waals surface area contributed by atoms with E-state index in [4.69, 9.17) is 18.9 Å². The van der Waals surface area contributed by atoms with Crippen molar-refractivity contribution < 1.29 is 28.1 Å². The third kappa shape index (κ3) is 5.50. The highest BCUT2D eigenvalue weighted by Crippen LogP contribution is 2.37. The van der Waals surface area contributed by atoms with Crippen LogP contribution in [0.1, 0.15) is 36.3 Å². The van der Waals surface area contributed by atoms with Gasteiger partial charge in [0.1, 0.15) is 17.3 Å². The van der Waals surface area contributed by atoms with Crippen molar-refractivity contribution in [2.75, 3.05) is 46.3 Å². The Morgan fingerprint density at radius 2 is 1.80 bits per heavy atom. The minimum absolute atomic E-state index is 0.0157. The molecule has 4 aromatic rings. The number of likely N-dealkylation sites (tertiary alicyclic amines) is 1. The van der Waals surface area contributed by atoms with Crippen molar-refractivity contribution in [3.63, 3.8) is 0 Å². The fourth-order valence-electron chi connectivity index (χ4n) is 4.85. The molecule has 210 valence electrons. The molecule has 1 aliphatic heterocycles. The van der Waals surface area contributed by atoms with Crippen LogP contribution in [0.3, 0.4) is 0 Å². The van der Waals surface area contributed by atoms with Crippen molar-refractivity contribution in [2.24, 2.45) is 0 Å². The molecule has 2 aromatic carbocycles. The second kappa shape index (κ2) is 11.8. The van der Waals surface area contributed by atoms with Crippen LogP contribution in [0.15, 0.2) is 48.8 Å². The van der Waals surface area contributed by atoms with E-state index in [0.29, 0.717) is 40.5 Å². The number of carbonyl (C=O) groups excluding carboxylic acids is 1. The van der Waals surface area contributed by atoms with Crippen LogP contribution >= 0.6 is 0 Å². The van der Waals surface area contributed by atoms with Gasteiger partial charge in [-0.15, -0.1) is 0 Å². The third-order valence-corrected chi connectivity index (χ3v) is 6.93.